The van der Waals surface area contributed by atoms with Gasteiger partial charge in [0.1, 0.15) is 11.5 Å². The molecule has 2 aliphatic rings. The Morgan fingerprint density at radius 3 is 2.36 bits per heavy atom. The number of hydrogen-bond donors (Lipinski definition) is 1. The number of amides is 2. The molecule has 1 fully saturated rings. The predicted molar refractivity (Wildman–Crippen MR) is 136 cm³/mol. The van der Waals surface area contributed by atoms with Gasteiger partial charge in [0, 0.05) is 44.7 Å². The van der Waals surface area contributed by atoms with Crippen LogP contribution < -0.4 is 15.0 Å². The van der Waals surface area contributed by atoms with E-state index in [1.807, 2.05) is 45.6 Å². The van der Waals surface area contributed by atoms with Crippen LogP contribution in [0.5, 0.6) is 5.75 Å². The van der Waals surface area contributed by atoms with Crippen molar-refractivity contribution in [3.05, 3.63) is 40.8 Å². The van der Waals surface area contributed by atoms with Crippen LogP contribution in [0.3, 0.4) is 0 Å². The van der Waals surface area contributed by atoms with Crippen molar-refractivity contribution in [3.8, 4) is 5.75 Å². The molecule has 36 heavy (non-hydrogen) atoms. The molecular formula is C26H35FN6O3. The van der Waals surface area contributed by atoms with Crippen molar-refractivity contribution in [2.45, 2.75) is 66.3 Å². The summed E-state index contributed by atoms with van der Waals surface area (Å²) in [5, 5.41) is 3.40. The van der Waals surface area contributed by atoms with Gasteiger partial charge in [0.15, 0.2) is 11.6 Å². The zero-order valence-electron chi connectivity index (χ0n) is 21.8. The molecule has 194 valence electrons. The number of halogens is 1. The molecule has 1 N–H and O–H groups in total. The zero-order chi connectivity index (χ0) is 26.1. The van der Waals surface area contributed by atoms with E-state index < -0.39 is 5.82 Å². The van der Waals surface area contributed by atoms with Gasteiger partial charge in [0.05, 0.1) is 18.7 Å². The first kappa shape index (κ1) is 25.7. The molecule has 1 saturated heterocycles. The van der Waals surface area contributed by atoms with Crippen molar-refractivity contribution in [2.75, 3.05) is 36.4 Å². The topological polar surface area (TPSA) is 90.9 Å². The molecule has 9 nitrogen and oxygen atoms in total. The van der Waals surface area contributed by atoms with Crippen LogP contribution in [0, 0.1) is 5.82 Å². The van der Waals surface area contributed by atoms with Crippen LogP contribution in [0.15, 0.2) is 18.2 Å². The van der Waals surface area contributed by atoms with Crippen LogP contribution in [0.2, 0.25) is 0 Å². The van der Waals surface area contributed by atoms with Gasteiger partial charge < -0.3 is 24.8 Å². The maximum atomic E-state index is 14.7. The fourth-order valence-electron chi connectivity index (χ4n) is 4.50. The standard InChI is InChI=1S/C26H35FN6O3/c1-15(2)33-14-20-23(25(33)35)29-26(32-11-9-31(10-12-32)18(6)34)30-24(20)28-17(5)19-7-8-22(21(27)13-19)36-16(3)4/h7-8,13,15-17H,9-12,14H2,1-6H3,(H,28,29,30). The smallest absolute Gasteiger partial charge is 0.273 e. The molecule has 0 radical (unpaired) electrons. The Hall–Kier alpha value is -3.43. The third-order valence-corrected chi connectivity index (χ3v) is 6.59. The Bertz CT molecular complexity index is 1150. The molecule has 0 saturated carbocycles. The Morgan fingerprint density at radius 1 is 1.08 bits per heavy atom. The Morgan fingerprint density at radius 2 is 1.78 bits per heavy atom. The summed E-state index contributed by atoms with van der Waals surface area (Å²) in [5.74, 6) is 0.735. The van der Waals surface area contributed by atoms with Crippen LogP contribution >= 0.6 is 0 Å². The summed E-state index contributed by atoms with van der Waals surface area (Å²) >= 11 is 0. The average Bonchev–Trinajstić information content (AvgIpc) is 3.17. The van der Waals surface area contributed by atoms with E-state index in [0.29, 0.717) is 50.2 Å². The summed E-state index contributed by atoms with van der Waals surface area (Å²) in [6, 6.07) is 4.66. The Balaban J connectivity index is 1.63. The Labute approximate surface area is 211 Å². The highest BCUT2D eigenvalue weighted by Gasteiger charge is 2.35. The van der Waals surface area contributed by atoms with Gasteiger partial charge in [0.2, 0.25) is 11.9 Å². The lowest BCUT2D eigenvalue weighted by molar-refractivity contribution is -0.129. The maximum absolute atomic E-state index is 14.7. The third kappa shape index (κ3) is 5.22. The second kappa shape index (κ2) is 10.3. The summed E-state index contributed by atoms with van der Waals surface area (Å²) in [6.45, 7) is 13.9. The zero-order valence-corrected chi connectivity index (χ0v) is 21.8. The molecule has 2 aromatic rings. The highest BCUT2D eigenvalue weighted by Crippen LogP contribution is 2.33. The molecule has 2 amide bonds. The lowest BCUT2D eigenvalue weighted by atomic mass is 10.1. The van der Waals surface area contributed by atoms with E-state index in [1.165, 1.54) is 6.07 Å². The summed E-state index contributed by atoms with van der Waals surface area (Å²) in [4.78, 5) is 39.9. The number of fused-ring (bicyclic) bond motifs is 1. The van der Waals surface area contributed by atoms with Gasteiger partial charge in [-0.05, 0) is 52.3 Å². The van der Waals surface area contributed by atoms with E-state index in [-0.39, 0.29) is 35.8 Å². The summed E-state index contributed by atoms with van der Waals surface area (Å²) in [7, 11) is 0. The fourth-order valence-corrected chi connectivity index (χ4v) is 4.50. The van der Waals surface area contributed by atoms with E-state index in [4.69, 9.17) is 9.72 Å². The highest BCUT2D eigenvalue weighted by atomic mass is 19.1. The van der Waals surface area contributed by atoms with Crippen LogP contribution in [-0.2, 0) is 11.3 Å². The lowest BCUT2D eigenvalue weighted by Gasteiger charge is -2.34. The minimum absolute atomic E-state index is 0.0159. The van der Waals surface area contributed by atoms with Crippen molar-refractivity contribution in [3.63, 3.8) is 0 Å². The molecule has 1 aromatic heterocycles. The second-order valence-electron chi connectivity index (χ2n) is 9.94. The van der Waals surface area contributed by atoms with Crippen LogP contribution in [-0.4, -0.2) is 69.9 Å². The minimum atomic E-state index is -0.423. The first-order valence-electron chi connectivity index (χ1n) is 12.5. The molecule has 0 bridgehead atoms. The molecule has 10 heteroatoms. The van der Waals surface area contributed by atoms with Crippen molar-refractivity contribution >= 4 is 23.6 Å². The molecule has 3 heterocycles. The summed E-state index contributed by atoms with van der Waals surface area (Å²) < 4.78 is 20.2. The number of anilines is 2. The van der Waals surface area contributed by atoms with Gasteiger partial charge in [-0.25, -0.2) is 9.37 Å². The average molecular weight is 499 g/mol. The number of piperazine rings is 1. The van der Waals surface area contributed by atoms with Gasteiger partial charge in [0.25, 0.3) is 5.91 Å². The maximum Gasteiger partial charge on any atom is 0.273 e. The van der Waals surface area contributed by atoms with Crippen LogP contribution in [0.25, 0.3) is 0 Å². The first-order valence-corrected chi connectivity index (χ1v) is 12.5. The van der Waals surface area contributed by atoms with Crippen molar-refractivity contribution in [2.24, 2.45) is 0 Å². The van der Waals surface area contributed by atoms with Crippen molar-refractivity contribution < 1.29 is 18.7 Å². The number of aromatic nitrogens is 2. The van der Waals surface area contributed by atoms with E-state index in [0.717, 1.165) is 11.1 Å². The number of benzene rings is 1. The molecule has 1 atom stereocenters. The normalized spacial score (nSPS) is 16.6. The van der Waals surface area contributed by atoms with Gasteiger partial charge >= 0.3 is 0 Å². The van der Waals surface area contributed by atoms with E-state index in [9.17, 15) is 14.0 Å². The Kier molecular flexibility index (Phi) is 7.33. The van der Waals surface area contributed by atoms with Crippen molar-refractivity contribution in [1.29, 1.82) is 0 Å². The molecule has 0 spiro atoms. The second-order valence-corrected chi connectivity index (χ2v) is 9.94. The molecule has 0 aliphatic carbocycles. The summed E-state index contributed by atoms with van der Waals surface area (Å²) in [6.07, 6.45) is -0.123. The quantitative estimate of drug-likeness (QED) is 0.624. The van der Waals surface area contributed by atoms with Crippen molar-refractivity contribution in [1.82, 2.24) is 19.8 Å². The third-order valence-electron chi connectivity index (χ3n) is 6.59. The predicted octanol–water partition coefficient (Wildman–Crippen LogP) is 3.61. The number of nitrogens with zero attached hydrogens (tertiary/aromatic N) is 5. The highest BCUT2D eigenvalue weighted by molar-refractivity contribution is 5.98. The molecule has 4 rings (SSSR count). The number of rotatable bonds is 7. The summed E-state index contributed by atoms with van der Waals surface area (Å²) in [5.41, 5.74) is 1.87. The molecule has 1 unspecified atom stereocenters. The lowest BCUT2D eigenvalue weighted by Crippen LogP contribution is -2.48. The van der Waals surface area contributed by atoms with Gasteiger partial charge in [-0.15, -0.1) is 0 Å². The SMILES string of the molecule is CC(=O)N1CCN(c2nc(NC(C)c3ccc(OC(C)C)c(F)c3)c3c(n2)C(=O)N(C(C)C)C3)CC1. The number of carbonyl (C=O) groups excluding carboxylic acids is 2. The largest absolute Gasteiger partial charge is 0.488 e. The molecular weight excluding hydrogens is 463 g/mol. The minimum Gasteiger partial charge on any atom is -0.488 e. The van der Waals surface area contributed by atoms with Gasteiger partial charge in [-0.1, -0.05) is 6.07 Å². The number of hydrogen-bond acceptors (Lipinski definition) is 7. The van der Waals surface area contributed by atoms with E-state index >= 15 is 0 Å². The van der Waals surface area contributed by atoms with Gasteiger partial charge in [-0.2, -0.15) is 4.98 Å². The van der Waals surface area contributed by atoms with Gasteiger partial charge in [-0.3, -0.25) is 9.59 Å². The molecule has 2 aliphatic heterocycles. The first-order chi connectivity index (χ1) is 17.0. The van der Waals surface area contributed by atoms with Crippen LogP contribution in [0.4, 0.5) is 16.2 Å². The van der Waals surface area contributed by atoms with E-state index in [1.54, 1.807) is 22.8 Å². The van der Waals surface area contributed by atoms with E-state index in [2.05, 4.69) is 10.3 Å². The fraction of sp³-hybridized carbons (Fsp3) is 0.538. The monoisotopic (exact) mass is 498 g/mol. The number of nitrogens with one attached hydrogen (secondary N) is 1. The number of ether oxygens (including phenoxy) is 1. The van der Waals surface area contributed by atoms with Crippen LogP contribution in [0.1, 0.15) is 69.2 Å². The number of carbonyl (C=O) groups is 2. The molecule has 1 aromatic carbocycles.